The van der Waals surface area contributed by atoms with Crippen LogP contribution in [0.2, 0.25) is 0 Å². The fraction of sp³-hybridized carbons (Fsp3) is 0.246. The van der Waals surface area contributed by atoms with Crippen LogP contribution in [-0.2, 0) is 26.5 Å². The molecule has 0 radical (unpaired) electrons. The van der Waals surface area contributed by atoms with E-state index in [0.717, 1.165) is 22.0 Å². The molecule has 0 fully saturated rings. The number of benzene rings is 6. The van der Waals surface area contributed by atoms with Crippen LogP contribution < -0.4 is 9.30 Å². The molecule has 4 heterocycles. The van der Waals surface area contributed by atoms with Crippen LogP contribution in [0.4, 0.5) is 0 Å². The van der Waals surface area contributed by atoms with Gasteiger partial charge in [-0.1, -0.05) is 134 Å². The van der Waals surface area contributed by atoms with Gasteiger partial charge in [-0.3, -0.25) is 4.57 Å². The van der Waals surface area contributed by atoms with E-state index < -0.39 is 43.1 Å². The fourth-order valence-electron chi connectivity index (χ4n) is 9.29. The molecule has 4 aromatic heterocycles. The Balaban J connectivity index is 0.00000704. The van der Waals surface area contributed by atoms with Crippen molar-refractivity contribution in [2.24, 2.45) is 16.7 Å². The topological polar surface area (TPSA) is 40.8 Å². The Morgan fingerprint density at radius 2 is 1.41 bits per heavy atom. The van der Waals surface area contributed by atoms with Crippen molar-refractivity contribution in [3.8, 4) is 28.7 Å². The summed E-state index contributed by atoms with van der Waals surface area (Å²) in [5.41, 5.74) is 6.24. The smallest absolute Gasteiger partial charge is 0.267 e. The average Bonchev–Trinajstić information content (AvgIpc) is 4.06. The van der Waals surface area contributed by atoms with Gasteiger partial charge in [0.15, 0.2) is 0 Å². The number of imidazole rings is 1. The zero-order valence-electron chi connectivity index (χ0n) is 50.5. The molecule has 0 saturated carbocycles. The van der Waals surface area contributed by atoms with Crippen LogP contribution in [0.3, 0.4) is 0 Å². The monoisotopic (exact) mass is 1080 g/mol. The van der Waals surface area contributed by atoms with Gasteiger partial charge in [0.25, 0.3) is 6.33 Å². The maximum atomic E-state index is 9.15. The largest absolute Gasteiger partial charge is 0.510 e. The fourth-order valence-corrected chi connectivity index (χ4v) is 9.29. The second kappa shape index (κ2) is 16.6. The molecule has 7 heteroatoms. The summed E-state index contributed by atoms with van der Waals surface area (Å²) in [5, 5.41) is 1.55. The van der Waals surface area contributed by atoms with Crippen molar-refractivity contribution in [3.05, 3.63) is 181 Å². The molecule has 0 aliphatic heterocycles. The van der Waals surface area contributed by atoms with E-state index in [9.17, 15) is 0 Å². The van der Waals surface area contributed by atoms with E-state index in [4.69, 9.17) is 24.8 Å². The molecule has 10 aromatic rings. The average molecular weight is 1080 g/mol. The van der Waals surface area contributed by atoms with Crippen molar-refractivity contribution < 1.29 is 45.4 Å². The summed E-state index contributed by atoms with van der Waals surface area (Å²) in [7, 11) is 0. The summed E-state index contributed by atoms with van der Waals surface area (Å²) in [6.07, 6.45) is 10.5. The maximum absolute atomic E-state index is 9.15. The van der Waals surface area contributed by atoms with Crippen LogP contribution in [0.1, 0.15) is 94.9 Å². The SMILES string of the molecule is [2H]c1c([2H])c([2H])c2c(c1[2H])c1c([2H])c([2H])c([2H])c([2H])c1n2-c1ccc2c3ccc(Oc4[c-]c(-n5[c-][n+](C6=CC(C(C)(C)C)=C[C@H](C(C)(C)C)C6)c6c(C([2H])([2H])[2H])cccc65)ccc4)[c-]c3n(-c3cc(C(C)(C)C)ccn3)c2c1.[Pt]. The third-order valence-corrected chi connectivity index (χ3v) is 13.1. The maximum Gasteiger partial charge on any atom is 0.267 e. The van der Waals surface area contributed by atoms with Crippen LogP contribution in [0.15, 0.2) is 151 Å². The second-order valence-electron chi connectivity index (χ2n) is 20.7. The number of hydrogen-bond donors (Lipinski definition) is 0. The van der Waals surface area contributed by atoms with Crippen molar-refractivity contribution in [2.45, 2.75) is 81.0 Å². The predicted octanol–water partition coefficient (Wildman–Crippen LogP) is 15.2. The zero-order chi connectivity index (χ0) is 56.0. The first-order valence-corrected chi connectivity index (χ1v) is 22.7. The molecule has 6 aromatic carbocycles. The molecular formula is C61H57N5OPt-2. The van der Waals surface area contributed by atoms with E-state index >= 15 is 0 Å². The number of nitrogens with zero attached hydrogens (tertiary/aromatic N) is 5. The predicted molar refractivity (Wildman–Crippen MR) is 276 cm³/mol. The molecule has 11 rings (SSSR count). The van der Waals surface area contributed by atoms with Crippen LogP contribution in [0, 0.1) is 42.1 Å². The third kappa shape index (κ3) is 7.81. The van der Waals surface area contributed by atoms with Crippen molar-refractivity contribution >= 4 is 60.3 Å². The normalized spacial score (nSPS) is 17.2. The summed E-state index contributed by atoms with van der Waals surface area (Å²) in [5.74, 6) is 1.44. The van der Waals surface area contributed by atoms with Gasteiger partial charge < -0.3 is 18.4 Å². The van der Waals surface area contributed by atoms with Gasteiger partial charge in [-0.2, -0.15) is 18.2 Å². The second-order valence-corrected chi connectivity index (χ2v) is 20.7. The number of allylic oxidation sites excluding steroid dienone is 4. The number of aryl methyl sites for hydroxylation is 1. The quantitative estimate of drug-likeness (QED) is 0.123. The molecule has 0 bridgehead atoms. The summed E-state index contributed by atoms with van der Waals surface area (Å²) < 4.78 is 111. The summed E-state index contributed by atoms with van der Waals surface area (Å²) in [4.78, 5) is 4.89. The minimum atomic E-state index is -2.42. The van der Waals surface area contributed by atoms with Gasteiger partial charge in [-0.25, -0.2) is 4.98 Å². The van der Waals surface area contributed by atoms with Gasteiger partial charge >= 0.3 is 0 Å². The first-order valence-electron chi connectivity index (χ1n) is 28.2. The van der Waals surface area contributed by atoms with Gasteiger partial charge in [0.1, 0.15) is 5.82 Å². The zero-order valence-corrected chi connectivity index (χ0v) is 41.8. The molecule has 0 spiro atoms. The number of para-hydroxylation sites is 3. The van der Waals surface area contributed by atoms with Crippen molar-refractivity contribution in [2.75, 3.05) is 0 Å². The van der Waals surface area contributed by atoms with E-state index in [1.54, 1.807) is 30.5 Å². The van der Waals surface area contributed by atoms with Crippen molar-refractivity contribution in [1.29, 1.82) is 0 Å². The molecule has 1 aliphatic rings. The van der Waals surface area contributed by atoms with Crippen molar-refractivity contribution in [1.82, 2.24) is 18.7 Å². The molecule has 6 nitrogen and oxygen atoms in total. The van der Waals surface area contributed by atoms with E-state index in [0.29, 0.717) is 57.2 Å². The first kappa shape index (κ1) is 33.9. The van der Waals surface area contributed by atoms with Crippen LogP contribution in [-0.4, -0.2) is 18.7 Å². The number of hydrogen-bond acceptors (Lipinski definition) is 2. The summed E-state index contributed by atoms with van der Waals surface area (Å²) in [6, 6.07) is 27.4. The molecule has 1 aliphatic carbocycles. The van der Waals surface area contributed by atoms with Gasteiger partial charge in [-0.15, -0.1) is 29.7 Å². The van der Waals surface area contributed by atoms with E-state index in [1.807, 2.05) is 68.3 Å². The van der Waals surface area contributed by atoms with Gasteiger partial charge in [0.05, 0.1) is 33.0 Å². The van der Waals surface area contributed by atoms with Crippen LogP contribution in [0.25, 0.3) is 77.5 Å². The Morgan fingerprint density at radius 1 is 0.706 bits per heavy atom. The summed E-state index contributed by atoms with van der Waals surface area (Å²) in [6.45, 7) is 17.2. The number of rotatable bonds is 6. The molecule has 68 heavy (non-hydrogen) atoms. The number of aromatic nitrogens is 5. The van der Waals surface area contributed by atoms with E-state index in [-0.39, 0.29) is 82.7 Å². The Hall–Kier alpha value is -6.49. The molecule has 0 saturated heterocycles. The van der Waals surface area contributed by atoms with Gasteiger partial charge in [-0.05, 0) is 106 Å². The minimum absolute atomic E-state index is 0. The van der Waals surface area contributed by atoms with Gasteiger partial charge in [0, 0.05) is 70.5 Å². The van der Waals surface area contributed by atoms with E-state index in [2.05, 4.69) is 92.9 Å². The molecule has 0 unspecified atom stereocenters. The molecule has 0 amide bonds. The van der Waals surface area contributed by atoms with Crippen LogP contribution >= 0.6 is 0 Å². The summed E-state index contributed by atoms with van der Waals surface area (Å²) >= 11 is 0. The Morgan fingerprint density at radius 3 is 2.12 bits per heavy atom. The molecule has 0 N–H and O–H groups in total. The number of fused-ring (bicyclic) bond motifs is 7. The van der Waals surface area contributed by atoms with E-state index in [1.165, 1.54) is 10.1 Å². The van der Waals surface area contributed by atoms with Gasteiger partial charge in [0.2, 0.25) is 0 Å². The Labute approximate surface area is 429 Å². The number of ether oxygens (including phenoxy) is 1. The van der Waals surface area contributed by atoms with Crippen LogP contribution in [0.5, 0.6) is 11.5 Å². The molecular weight excluding hydrogens is 1010 g/mol. The van der Waals surface area contributed by atoms with Crippen molar-refractivity contribution in [3.63, 3.8) is 0 Å². The number of pyridine rings is 1. The molecule has 1 atom stereocenters. The Kier molecular flexibility index (Phi) is 8.29. The molecule has 344 valence electrons. The third-order valence-electron chi connectivity index (χ3n) is 13.1. The standard InChI is InChI=1S/C61H57N5O.Pt/c1-39-17-15-24-54-58(39)64(45-32-41(60(5,6)7)31-42(33-45)61(8,9)10)38-63(54)43-18-16-19-46(35-43)67-47-26-28-51-50-27-25-44(65-52-22-13-11-20-48(52)49-21-12-14-23-53(49)65)36-55(50)66(56(51)37-47)57-34-40(29-30-62-57)59(2,3)4;/h11-32,34,36,42H,33H2,1-10H3;/q-2;/t42-;/m0./s1/i1D3,11D,12D,13D,14D,20D,21D,22D,23D;. The Bertz CT molecular complexity index is 4180. The minimum Gasteiger partial charge on any atom is -0.510 e. The first-order chi connectivity index (χ1) is 36.5.